The fraction of sp³-hybridized carbons (Fsp3) is 0.150. The van der Waals surface area contributed by atoms with Gasteiger partial charge in [0.15, 0.2) is 5.78 Å². The van der Waals surface area contributed by atoms with Gasteiger partial charge < -0.3 is 15.2 Å². The Kier molecular flexibility index (Phi) is 5.79. The average Bonchev–Trinajstić information content (AvgIpc) is 2.60. The lowest BCUT2D eigenvalue weighted by molar-refractivity contribution is 0.104. The Balaban J connectivity index is 2.39. The molecule has 2 aromatic rings. The Morgan fingerprint density at radius 2 is 1.83 bits per heavy atom. The van der Waals surface area contributed by atoms with E-state index >= 15 is 0 Å². The number of ether oxygens (including phenoxy) is 2. The summed E-state index contributed by atoms with van der Waals surface area (Å²) in [5.41, 5.74) is 8.54. The molecule has 0 bridgehead atoms. The zero-order valence-corrected chi connectivity index (χ0v) is 13.9. The molecule has 4 heteroatoms. The second-order valence-electron chi connectivity index (χ2n) is 5.19. The molecule has 0 aliphatic carbocycles. The minimum absolute atomic E-state index is 0.117. The molecule has 24 heavy (non-hydrogen) atoms. The molecule has 2 aromatic carbocycles. The van der Waals surface area contributed by atoms with Gasteiger partial charge >= 0.3 is 0 Å². The molecule has 0 amide bonds. The molecule has 4 nitrogen and oxygen atoms in total. The van der Waals surface area contributed by atoms with Crippen molar-refractivity contribution in [1.82, 2.24) is 0 Å². The zero-order valence-electron chi connectivity index (χ0n) is 13.9. The van der Waals surface area contributed by atoms with Gasteiger partial charge in [-0.25, -0.2) is 0 Å². The zero-order chi connectivity index (χ0) is 17.5. The van der Waals surface area contributed by atoms with Gasteiger partial charge in [-0.1, -0.05) is 12.1 Å². The lowest BCUT2D eigenvalue weighted by Crippen LogP contribution is -1.99. The van der Waals surface area contributed by atoms with Gasteiger partial charge in [0.25, 0.3) is 0 Å². The molecule has 2 rings (SSSR count). The molecule has 0 radical (unpaired) electrons. The number of nitrogen functional groups attached to an aromatic ring is 1. The van der Waals surface area contributed by atoms with Gasteiger partial charge in [0.05, 0.1) is 19.8 Å². The average molecular weight is 323 g/mol. The number of benzene rings is 2. The third-order valence-corrected chi connectivity index (χ3v) is 3.62. The highest BCUT2D eigenvalue weighted by Crippen LogP contribution is 2.34. The molecular formula is C20H21NO3. The number of hydrogen-bond donors (Lipinski definition) is 1. The number of hydrogen-bond acceptors (Lipinski definition) is 4. The minimum atomic E-state index is -0.117. The van der Waals surface area contributed by atoms with E-state index in [9.17, 15) is 4.79 Å². The molecule has 2 N–H and O–H groups in total. The first-order valence-corrected chi connectivity index (χ1v) is 7.53. The van der Waals surface area contributed by atoms with Crippen molar-refractivity contribution in [3.63, 3.8) is 0 Å². The number of carbonyl (C=O) groups excluding carboxylic acids is 1. The smallest absolute Gasteiger partial charge is 0.185 e. The molecule has 0 aliphatic rings. The predicted molar refractivity (Wildman–Crippen MR) is 97.7 cm³/mol. The molecule has 0 atom stereocenters. The van der Waals surface area contributed by atoms with Crippen LogP contribution in [0.4, 0.5) is 5.69 Å². The van der Waals surface area contributed by atoms with Crippen LogP contribution in [0.1, 0.15) is 21.5 Å². The molecule has 0 saturated carbocycles. The lowest BCUT2D eigenvalue weighted by atomic mass is 10.0. The fourth-order valence-electron chi connectivity index (χ4n) is 2.42. The van der Waals surface area contributed by atoms with Gasteiger partial charge in [-0.05, 0) is 54.5 Å². The Bertz CT molecular complexity index is 761. The first-order valence-electron chi connectivity index (χ1n) is 7.53. The molecular weight excluding hydrogens is 302 g/mol. The van der Waals surface area contributed by atoms with E-state index in [-0.39, 0.29) is 5.78 Å². The van der Waals surface area contributed by atoms with Crippen LogP contribution < -0.4 is 15.2 Å². The van der Waals surface area contributed by atoms with Gasteiger partial charge in [-0.2, -0.15) is 0 Å². The fourth-order valence-corrected chi connectivity index (χ4v) is 2.42. The number of ketones is 1. The summed E-state index contributed by atoms with van der Waals surface area (Å²) < 4.78 is 10.9. The van der Waals surface area contributed by atoms with Crippen molar-refractivity contribution in [2.75, 3.05) is 20.0 Å². The van der Waals surface area contributed by atoms with E-state index in [1.807, 2.05) is 12.1 Å². The maximum Gasteiger partial charge on any atom is 0.185 e. The van der Waals surface area contributed by atoms with Crippen LogP contribution in [-0.4, -0.2) is 20.0 Å². The minimum Gasteiger partial charge on any atom is -0.496 e. The van der Waals surface area contributed by atoms with E-state index in [0.29, 0.717) is 29.2 Å². The van der Waals surface area contributed by atoms with Crippen molar-refractivity contribution in [2.45, 2.75) is 6.42 Å². The van der Waals surface area contributed by atoms with E-state index in [0.717, 1.165) is 11.1 Å². The monoisotopic (exact) mass is 323 g/mol. The van der Waals surface area contributed by atoms with Gasteiger partial charge in [0.2, 0.25) is 0 Å². The van der Waals surface area contributed by atoms with Crippen LogP contribution in [0, 0.1) is 0 Å². The highest BCUT2D eigenvalue weighted by atomic mass is 16.5. The van der Waals surface area contributed by atoms with Gasteiger partial charge in [0, 0.05) is 11.3 Å². The summed E-state index contributed by atoms with van der Waals surface area (Å²) in [6.07, 6.45) is 5.68. The van der Waals surface area contributed by atoms with Gasteiger partial charge in [-0.3, -0.25) is 4.79 Å². The van der Waals surface area contributed by atoms with Crippen LogP contribution in [0.25, 0.3) is 6.08 Å². The van der Waals surface area contributed by atoms with Gasteiger partial charge in [0.1, 0.15) is 11.5 Å². The Hall–Kier alpha value is -3.01. The van der Waals surface area contributed by atoms with Crippen LogP contribution in [0.3, 0.4) is 0 Å². The largest absolute Gasteiger partial charge is 0.496 e. The molecule has 0 spiro atoms. The summed E-state index contributed by atoms with van der Waals surface area (Å²) in [5.74, 6) is 1.20. The molecule has 0 heterocycles. The van der Waals surface area contributed by atoms with E-state index in [1.165, 1.54) is 6.08 Å². The second kappa shape index (κ2) is 8.02. The van der Waals surface area contributed by atoms with Crippen LogP contribution in [0.15, 0.2) is 55.1 Å². The highest BCUT2D eigenvalue weighted by molar-refractivity contribution is 6.07. The van der Waals surface area contributed by atoms with Crippen molar-refractivity contribution < 1.29 is 14.3 Å². The summed E-state index contributed by atoms with van der Waals surface area (Å²) in [5, 5.41) is 0. The van der Waals surface area contributed by atoms with Crippen molar-refractivity contribution in [1.29, 1.82) is 0 Å². The third-order valence-electron chi connectivity index (χ3n) is 3.62. The number of methoxy groups -OCH3 is 2. The van der Waals surface area contributed by atoms with Crippen LogP contribution in [0.5, 0.6) is 11.5 Å². The molecule has 0 aromatic heterocycles. The van der Waals surface area contributed by atoms with Crippen molar-refractivity contribution in [2.24, 2.45) is 0 Å². The Morgan fingerprint density at radius 1 is 1.12 bits per heavy atom. The van der Waals surface area contributed by atoms with Gasteiger partial charge in [-0.15, -0.1) is 6.58 Å². The normalized spacial score (nSPS) is 10.6. The summed E-state index contributed by atoms with van der Waals surface area (Å²) in [7, 11) is 3.18. The Labute approximate surface area is 142 Å². The number of allylic oxidation sites excluding steroid dienone is 2. The summed E-state index contributed by atoms with van der Waals surface area (Å²) in [4.78, 5) is 12.3. The van der Waals surface area contributed by atoms with Crippen LogP contribution in [0.2, 0.25) is 0 Å². The van der Waals surface area contributed by atoms with E-state index in [1.54, 1.807) is 50.6 Å². The molecule has 0 unspecified atom stereocenters. The second-order valence-corrected chi connectivity index (χ2v) is 5.19. The molecule has 0 fully saturated rings. The quantitative estimate of drug-likeness (QED) is 0.363. The third kappa shape index (κ3) is 3.84. The molecule has 124 valence electrons. The number of carbonyl (C=O) groups is 1. The van der Waals surface area contributed by atoms with Crippen LogP contribution >= 0.6 is 0 Å². The highest BCUT2D eigenvalue weighted by Gasteiger charge is 2.12. The Morgan fingerprint density at radius 3 is 2.42 bits per heavy atom. The van der Waals surface area contributed by atoms with E-state index in [4.69, 9.17) is 15.2 Å². The standard InChI is InChI=1S/C20H21NO3/c1-4-5-15-8-13-19(23-2)17(20(15)24-3)11-12-18(22)14-6-9-16(21)10-7-14/h4,6-13H,1,5,21H2,2-3H3/b12-11+. The number of rotatable bonds is 7. The summed E-state index contributed by atoms with van der Waals surface area (Å²) in [6, 6.07) is 10.6. The van der Waals surface area contributed by atoms with Crippen molar-refractivity contribution in [3.8, 4) is 11.5 Å². The van der Waals surface area contributed by atoms with Crippen molar-refractivity contribution in [3.05, 3.63) is 71.8 Å². The summed E-state index contributed by atoms with van der Waals surface area (Å²) in [6.45, 7) is 3.76. The molecule has 0 aliphatic heterocycles. The van der Waals surface area contributed by atoms with E-state index in [2.05, 4.69) is 6.58 Å². The number of nitrogens with two attached hydrogens (primary N) is 1. The van der Waals surface area contributed by atoms with E-state index < -0.39 is 0 Å². The lowest BCUT2D eigenvalue weighted by Gasteiger charge is -2.14. The first-order chi connectivity index (χ1) is 11.6. The SMILES string of the molecule is C=CCc1ccc(OC)c(/C=C/C(=O)c2ccc(N)cc2)c1OC. The van der Waals surface area contributed by atoms with Crippen LogP contribution in [-0.2, 0) is 6.42 Å². The topological polar surface area (TPSA) is 61.5 Å². The van der Waals surface area contributed by atoms with Crippen molar-refractivity contribution >= 4 is 17.5 Å². The first kappa shape index (κ1) is 17.3. The molecule has 0 saturated heterocycles. The maximum absolute atomic E-state index is 12.3. The maximum atomic E-state index is 12.3. The number of anilines is 1. The summed E-state index contributed by atoms with van der Waals surface area (Å²) >= 11 is 0. The predicted octanol–water partition coefficient (Wildman–Crippen LogP) is 3.91.